The number of hydrogen-bond donors (Lipinski definition) is 1. The van der Waals surface area contributed by atoms with Gasteiger partial charge >= 0.3 is 0 Å². The maximum atomic E-state index is 13.5. The Kier molecular flexibility index (Phi) is 8.45. The van der Waals surface area contributed by atoms with Crippen molar-refractivity contribution in [3.05, 3.63) is 59.1 Å². The van der Waals surface area contributed by atoms with Crippen LogP contribution in [0.5, 0.6) is 5.75 Å². The smallest absolute Gasteiger partial charge is 0.247 e. The highest BCUT2D eigenvalue weighted by Crippen LogP contribution is 2.19. The lowest BCUT2D eigenvalue weighted by atomic mass is 10.1. The van der Waals surface area contributed by atoms with Gasteiger partial charge in [-0.15, -0.1) is 10.2 Å². The van der Waals surface area contributed by atoms with Crippen molar-refractivity contribution in [2.24, 2.45) is 0 Å². The first-order valence-electron chi connectivity index (χ1n) is 11.4. The lowest BCUT2D eigenvalue weighted by Crippen LogP contribution is -2.54. The van der Waals surface area contributed by atoms with Crippen LogP contribution in [-0.2, 0) is 22.7 Å². The second kappa shape index (κ2) is 11.3. The normalized spacial score (nSPS) is 12.2. The second-order valence-corrected chi connectivity index (χ2v) is 9.62. The quantitative estimate of drug-likeness (QED) is 0.482. The van der Waals surface area contributed by atoms with Gasteiger partial charge in [0.2, 0.25) is 17.6 Å². The lowest BCUT2D eigenvalue weighted by molar-refractivity contribution is -0.142. The fourth-order valence-electron chi connectivity index (χ4n) is 3.54. The molecule has 3 aromatic rings. The molecule has 1 heterocycles. The van der Waals surface area contributed by atoms with E-state index < -0.39 is 11.6 Å². The highest BCUT2D eigenvalue weighted by Gasteiger charge is 2.31. The number of rotatable bonds is 9. The highest BCUT2D eigenvalue weighted by atomic mass is 35.5. The summed E-state index contributed by atoms with van der Waals surface area (Å²) in [6.07, 6.45) is 0.449. The number of carbonyl (C=O) groups is 2. The van der Waals surface area contributed by atoms with Crippen LogP contribution in [0, 0.1) is 0 Å². The van der Waals surface area contributed by atoms with E-state index >= 15 is 0 Å². The second-order valence-electron chi connectivity index (χ2n) is 9.18. The van der Waals surface area contributed by atoms with Crippen molar-refractivity contribution in [1.82, 2.24) is 30.4 Å². The van der Waals surface area contributed by atoms with Gasteiger partial charge in [0.15, 0.2) is 0 Å². The van der Waals surface area contributed by atoms with E-state index in [2.05, 4.69) is 20.7 Å². The summed E-state index contributed by atoms with van der Waals surface area (Å²) < 4.78 is 5.23. The van der Waals surface area contributed by atoms with Crippen LogP contribution in [0.25, 0.3) is 11.4 Å². The molecular formula is C25H31ClN6O3. The van der Waals surface area contributed by atoms with Crippen LogP contribution in [0.1, 0.15) is 39.7 Å². The van der Waals surface area contributed by atoms with Gasteiger partial charge in [-0.3, -0.25) is 9.59 Å². The molecule has 1 atom stereocenters. The molecule has 0 aliphatic carbocycles. The Bertz CT molecular complexity index is 1140. The maximum absolute atomic E-state index is 13.5. The van der Waals surface area contributed by atoms with Crippen LogP contribution in [0.2, 0.25) is 5.02 Å². The van der Waals surface area contributed by atoms with Gasteiger partial charge in [0, 0.05) is 22.7 Å². The van der Waals surface area contributed by atoms with E-state index in [9.17, 15) is 9.59 Å². The van der Waals surface area contributed by atoms with Gasteiger partial charge in [-0.2, -0.15) is 4.80 Å². The molecule has 0 fully saturated rings. The molecule has 0 saturated carbocycles. The zero-order chi connectivity index (χ0) is 25.6. The highest BCUT2D eigenvalue weighted by molar-refractivity contribution is 6.30. The number of methoxy groups -OCH3 is 1. The van der Waals surface area contributed by atoms with Gasteiger partial charge in [-0.05, 0) is 74.4 Å². The Hall–Kier alpha value is -3.46. The Morgan fingerprint density at radius 1 is 1.11 bits per heavy atom. The van der Waals surface area contributed by atoms with Gasteiger partial charge in [-0.1, -0.05) is 30.7 Å². The van der Waals surface area contributed by atoms with Crippen molar-refractivity contribution in [3.63, 3.8) is 0 Å². The van der Waals surface area contributed by atoms with Crippen LogP contribution in [0.15, 0.2) is 48.5 Å². The van der Waals surface area contributed by atoms with Crippen molar-refractivity contribution in [2.75, 3.05) is 7.11 Å². The predicted molar refractivity (Wildman–Crippen MR) is 134 cm³/mol. The maximum Gasteiger partial charge on any atom is 0.247 e. The van der Waals surface area contributed by atoms with Crippen molar-refractivity contribution < 1.29 is 14.3 Å². The van der Waals surface area contributed by atoms with E-state index in [1.807, 2.05) is 52.0 Å². The van der Waals surface area contributed by atoms with E-state index in [0.29, 0.717) is 23.0 Å². The van der Waals surface area contributed by atoms with Crippen molar-refractivity contribution in [1.29, 1.82) is 0 Å². The summed E-state index contributed by atoms with van der Waals surface area (Å²) in [5, 5.41) is 16.0. The molecule has 1 aromatic heterocycles. The number of benzene rings is 2. The number of amides is 2. The number of carbonyl (C=O) groups excluding carboxylic acids is 2. The number of halogens is 1. The van der Waals surface area contributed by atoms with E-state index in [-0.39, 0.29) is 24.9 Å². The summed E-state index contributed by atoms with van der Waals surface area (Å²) in [7, 11) is 1.60. The average Bonchev–Trinajstić information content (AvgIpc) is 3.27. The Morgan fingerprint density at radius 2 is 1.77 bits per heavy atom. The molecule has 0 saturated heterocycles. The standard InChI is InChI=1S/C25H31ClN6O3/c1-6-21(24(34)27-25(2,3)4)31(15-17-7-13-20(35-5)14-8-17)22(33)16-32-29-23(28-30-32)18-9-11-19(26)12-10-18/h7-14,21H,6,15-16H2,1-5H3,(H,27,34). The monoisotopic (exact) mass is 498 g/mol. The first-order valence-corrected chi connectivity index (χ1v) is 11.8. The number of nitrogens with one attached hydrogen (secondary N) is 1. The summed E-state index contributed by atoms with van der Waals surface area (Å²) in [5.74, 6) is 0.589. The summed E-state index contributed by atoms with van der Waals surface area (Å²) in [4.78, 5) is 29.4. The molecule has 3 rings (SSSR count). The fourth-order valence-corrected chi connectivity index (χ4v) is 3.66. The number of hydrogen-bond acceptors (Lipinski definition) is 6. The molecule has 2 aromatic carbocycles. The Morgan fingerprint density at radius 3 is 2.34 bits per heavy atom. The van der Waals surface area contributed by atoms with Crippen molar-refractivity contribution in [2.45, 2.75) is 58.8 Å². The Balaban J connectivity index is 1.84. The topological polar surface area (TPSA) is 102 Å². The van der Waals surface area contributed by atoms with Crippen molar-refractivity contribution in [3.8, 4) is 17.1 Å². The van der Waals surface area contributed by atoms with Crippen LogP contribution in [-0.4, -0.2) is 55.6 Å². The van der Waals surface area contributed by atoms with E-state index in [0.717, 1.165) is 11.1 Å². The van der Waals surface area contributed by atoms with E-state index in [4.69, 9.17) is 16.3 Å². The number of ether oxygens (including phenoxy) is 1. The minimum atomic E-state index is -0.664. The van der Waals surface area contributed by atoms with Crippen LogP contribution in [0.3, 0.4) is 0 Å². The molecule has 1 unspecified atom stereocenters. The van der Waals surface area contributed by atoms with Crippen LogP contribution >= 0.6 is 11.6 Å². The van der Waals surface area contributed by atoms with Crippen molar-refractivity contribution >= 4 is 23.4 Å². The molecular weight excluding hydrogens is 468 g/mol. The SMILES string of the molecule is CCC(C(=O)NC(C)(C)C)N(Cc1ccc(OC)cc1)C(=O)Cn1nnc(-c2ccc(Cl)cc2)n1. The summed E-state index contributed by atoms with van der Waals surface area (Å²) in [6.45, 7) is 7.70. The minimum Gasteiger partial charge on any atom is -0.497 e. The molecule has 0 aliphatic rings. The van der Waals surface area contributed by atoms with Gasteiger partial charge in [-0.25, -0.2) is 0 Å². The van der Waals surface area contributed by atoms with Gasteiger partial charge in [0.1, 0.15) is 18.3 Å². The molecule has 186 valence electrons. The molecule has 10 heteroatoms. The molecule has 0 aliphatic heterocycles. The minimum absolute atomic E-state index is 0.157. The summed E-state index contributed by atoms with van der Waals surface area (Å²) >= 11 is 5.95. The average molecular weight is 499 g/mol. The summed E-state index contributed by atoms with van der Waals surface area (Å²) in [5.41, 5.74) is 1.18. The third-order valence-corrected chi connectivity index (χ3v) is 5.48. The third-order valence-electron chi connectivity index (χ3n) is 5.23. The molecule has 35 heavy (non-hydrogen) atoms. The molecule has 0 spiro atoms. The van der Waals surface area contributed by atoms with Gasteiger partial charge < -0.3 is 15.0 Å². The van der Waals surface area contributed by atoms with E-state index in [1.54, 1.807) is 36.3 Å². The van der Waals surface area contributed by atoms with Gasteiger partial charge in [0.25, 0.3) is 0 Å². The fraction of sp³-hybridized carbons (Fsp3) is 0.400. The molecule has 0 bridgehead atoms. The number of aromatic nitrogens is 4. The Labute approximate surface area is 210 Å². The zero-order valence-electron chi connectivity index (χ0n) is 20.7. The largest absolute Gasteiger partial charge is 0.497 e. The zero-order valence-corrected chi connectivity index (χ0v) is 21.4. The number of tetrazole rings is 1. The van der Waals surface area contributed by atoms with E-state index in [1.165, 1.54) is 4.80 Å². The van der Waals surface area contributed by atoms with Crippen LogP contribution in [0.4, 0.5) is 0 Å². The molecule has 2 amide bonds. The first kappa shape index (κ1) is 26.2. The third kappa shape index (κ3) is 7.26. The summed E-state index contributed by atoms with van der Waals surface area (Å²) in [6, 6.07) is 13.8. The predicted octanol–water partition coefficient (Wildman–Crippen LogP) is 3.72. The number of nitrogens with zero attached hydrogens (tertiary/aromatic N) is 5. The van der Waals surface area contributed by atoms with Crippen LogP contribution < -0.4 is 10.1 Å². The first-order chi connectivity index (χ1) is 16.6. The molecule has 1 N–H and O–H groups in total. The molecule has 0 radical (unpaired) electrons. The lowest BCUT2D eigenvalue weighted by Gasteiger charge is -2.33. The van der Waals surface area contributed by atoms with Gasteiger partial charge in [0.05, 0.1) is 7.11 Å². The molecule has 9 nitrogen and oxygen atoms in total.